The molecule has 1 heterocycles. The van der Waals surface area contributed by atoms with E-state index in [2.05, 4.69) is 23.2 Å². The van der Waals surface area contributed by atoms with E-state index >= 15 is 0 Å². The molecule has 1 aliphatic carbocycles. The van der Waals surface area contributed by atoms with Crippen LogP contribution in [0.5, 0.6) is 0 Å². The molecule has 0 bridgehead atoms. The molecule has 90 valence electrons. The van der Waals surface area contributed by atoms with Gasteiger partial charge >= 0.3 is 5.69 Å². The maximum Gasteiger partial charge on any atom is 0.326 e. The Balaban J connectivity index is 2.03. The van der Waals surface area contributed by atoms with Gasteiger partial charge in [-0.2, -0.15) is 0 Å². The van der Waals surface area contributed by atoms with Crippen molar-refractivity contribution < 1.29 is 0 Å². The summed E-state index contributed by atoms with van der Waals surface area (Å²) in [5, 5.41) is 0. The number of hydrogen-bond acceptors (Lipinski definition) is 2. The molecular weight excluding hydrogens is 214 g/mol. The molecule has 4 heteroatoms. The number of aromatic amines is 1. The summed E-state index contributed by atoms with van der Waals surface area (Å²) in [6, 6.07) is 6.65. The van der Waals surface area contributed by atoms with Crippen molar-refractivity contribution in [1.82, 2.24) is 9.55 Å². The van der Waals surface area contributed by atoms with Gasteiger partial charge in [0, 0.05) is 6.04 Å². The summed E-state index contributed by atoms with van der Waals surface area (Å²) < 4.78 is 1.89. The van der Waals surface area contributed by atoms with Crippen LogP contribution in [-0.2, 0) is 6.42 Å². The largest absolute Gasteiger partial charge is 0.330 e. The third kappa shape index (κ3) is 1.89. The summed E-state index contributed by atoms with van der Waals surface area (Å²) in [6.45, 7) is 0.706. The van der Waals surface area contributed by atoms with Crippen LogP contribution in [0, 0.1) is 0 Å². The summed E-state index contributed by atoms with van der Waals surface area (Å²) in [4.78, 5) is 14.8. The highest BCUT2D eigenvalue weighted by molar-refractivity contribution is 5.76. The molecule has 0 amide bonds. The van der Waals surface area contributed by atoms with E-state index in [0.29, 0.717) is 12.6 Å². The Hall–Kier alpha value is -1.55. The number of rotatable bonds is 4. The second kappa shape index (κ2) is 4.04. The molecule has 0 spiro atoms. The fourth-order valence-corrected chi connectivity index (χ4v) is 2.34. The molecule has 0 aliphatic heterocycles. The molecular formula is C13H17N3O. The topological polar surface area (TPSA) is 63.8 Å². The van der Waals surface area contributed by atoms with Crippen LogP contribution >= 0.6 is 0 Å². The SMILES string of the molecule is NCCCc1ccc2c(c1)[nH]c(=O)n2C1CC1. The Bertz CT molecular complexity index is 592. The van der Waals surface area contributed by atoms with E-state index in [1.54, 1.807) is 0 Å². The lowest BCUT2D eigenvalue weighted by molar-refractivity contribution is 0.733. The Kier molecular flexibility index (Phi) is 2.52. The van der Waals surface area contributed by atoms with Gasteiger partial charge in [-0.3, -0.25) is 4.57 Å². The lowest BCUT2D eigenvalue weighted by Gasteiger charge is -2.02. The molecule has 4 nitrogen and oxygen atoms in total. The van der Waals surface area contributed by atoms with Gasteiger partial charge < -0.3 is 10.7 Å². The second-order valence-electron chi connectivity index (χ2n) is 4.78. The normalized spacial score (nSPS) is 15.6. The summed E-state index contributed by atoms with van der Waals surface area (Å²) >= 11 is 0. The van der Waals surface area contributed by atoms with Crippen LogP contribution in [0.2, 0.25) is 0 Å². The molecule has 0 radical (unpaired) electrons. The van der Waals surface area contributed by atoms with Gasteiger partial charge in [-0.05, 0) is 49.9 Å². The monoisotopic (exact) mass is 231 g/mol. The van der Waals surface area contributed by atoms with Crippen molar-refractivity contribution in [2.24, 2.45) is 5.73 Å². The summed E-state index contributed by atoms with van der Waals surface area (Å²) in [5.41, 5.74) is 8.76. The molecule has 1 aromatic heterocycles. The first-order valence-electron chi connectivity index (χ1n) is 6.23. The van der Waals surface area contributed by atoms with E-state index < -0.39 is 0 Å². The van der Waals surface area contributed by atoms with E-state index in [1.807, 2.05) is 4.57 Å². The third-order valence-electron chi connectivity index (χ3n) is 3.36. The van der Waals surface area contributed by atoms with Gasteiger partial charge in [0.2, 0.25) is 0 Å². The molecule has 2 aromatic rings. The average molecular weight is 231 g/mol. The number of aromatic nitrogens is 2. The molecule has 1 aromatic carbocycles. The number of benzene rings is 1. The third-order valence-corrected chi connectivity index (χ3v) is 3.36. The number of fused-ring (bicyclic) bond motifs is 1. The highest BCUT2D eigenvalue weighted by Gasteiger charge is 2.26. The maximum absolute atomic E-state index is 11.8. The molecule has 1 aliphatic rings. The highest BCUT2D eigenvalue weighted by atomic mass is 16.1. The fourth-order valence-electron chi connectivity index (χ4n) is 2.34. The van der Waals surface area contributed by atoms with Gasteiger partial charge in [0.05, 0.1) is 11.0 Å². The van der Waals surface area contributed by atoms with E-state index in [1.165, 1.54) is 5.56 Å². The van der Waals surface area contributed by atoms with Crippen molar-refractivity contribution in [3.8, 4) is 0 Å². The minimum atomic E-state index is 0.0264. The van der Waals surface area contributed by atoms with Crippen LogP contribution in [0.25, 0.3) is 11.0 Å². The predicted molar refractivity (Wildman–Crippen MR) is 68.2 cm³/mol. The smallest absolute Gasteiger partial charge is 0.326 e. The quantitative estimate of drug-likeness (QED) is 0.838. The van der Waals surface area contributed by atoms with E-state index in [4.69, 9.17) is 5.73 Å². The average Bonchev–Trinajstić information content (AvgIpc) is 3.09. The number of aryl methyl sites for hydroxylation is 1. The maximum atomic E-state index is 11.8. The van der Waals surface area contributed by atoms with Crippen LogP contribution in [-0.4, -0.2) is 16.1 Å². The zero-order chi connectivity index (χ0) is 11.8. The van der Waals surface area contributed by atoms with E-state index in [9.17, 15) is 4.79 Å². The minimum Gasteiger partial charge on any atom is -0.330 e. The Labute approximate surface area is 99.4 Å². The van der Waals surface area contributed by atoms with Gasteiger partial charge in [-0.15, -0.1) is 0 Å². The number of H-pyrrole nitrogens is 1. The Morgan fingerprint density at radius 2 is 2.24 bits per heavy atom. The molecule has 3 N–H and O–H groups in total. The second-order valence-corrected chi connectivity index (χ2v) is 4.78. The number of imidazole rings is 1. The van der Waals surface area contributed by atoms with Gasteiger partial charge in [-0.1, -0.05) is 6.07 Å². The first kappa shape index (κ1) is 10.6. The van der Waals surface area contributed by atoms with Crippen molar-refractivity contribution in [3.05, 3.63) is 34.2 Å². The number of nitrogens with zero attached hydrogens (tertiary/aromatic N) is 1. The summed E-state index contributed by atoms with van der Waals surface area (Å²) in [7, 11) is 0. The number of nitrogens with one attached hydrogen (secondary N) is 1. The summed E-state index contributed by atoms with van der Waals surface area (Å²) in [5.74, 6) is 0. The van der Waals surface area contributed by atoms with Crippen LogP contribution in [0.15, 0.2) is 23.0 Å². The molecule has 1 fully saturated rings. The molecule has 0 unspecified atom stereocenters. The Morgan fingerprint density at radius 1 is 1.41 bits per heavy atom. The zero-order valence-corrected chi connectivity index (χ0v) is 9.78. The standard InChI is InChI=1S/C13H17N3O/c14-7-1-2-9-3-6-12-11(8-9)15-13(17)16(12)10-4-5-10/h3,6,8,10H,1-2,4-5,7,14H2,(H,15,17). The first-order valence-corrected chi connectivity index (χ1v) is 6.23. The van der Waals surface area contributed by atoms with E-state index in [-0.39, 0.29) is 5.69 Å². The van der Waals surface area contributed by atoms with Crippen LogP contribution in [0.4, 0.5) is 0 Å². The number of nitrogens with two attached hydrogens (primary N) is 1. The van der Waals surface area contributed by atoms with Gasteiger partial charge in [-0.25, -0.2) is 4.79 Å². The Morgan fingerprint density at radius 3 is 2.94 bits per heavy atom. The van der Waals surface area contributed by atoms with Gasteiger partial charge in [0.1, 0.15) is 0 Å². The molecule has 3 rings (SSSR count). The lowest BCUT2D eigenvalue weighted by atomic mass is 10.1. The fraction of sp³-hybridized carbons (Fsp3) is 0.462. The minimum absolute atomic E-state index is 0.0264. The molecule has 1 saturated carbocycles. The lowest BCUT2D eigenvalue weighted by Crippen LogP contribution is -2.14. The molecule has 0 atom stereocenters. The van der Waals surface area contributed by atoms with Crippen LogP contribution in [0.1, 0.15) is 30.9 Å². The molecule has 0 saturated heterocycles. The number of hydrogen-bond donors (Lipinski definition) is 2. The van der Waals surface area contributed by atoms with Crippen LogP contribution < -0.4 is 11.4 Å². The van der Waals surface area contributed by atoms with Crippen molar-refractivity contribution in [1.29, 1.82) is 0 Å². The van der Waals surface area contributed by atoms with Gasteiger partial charge in [0.15, 0.2) is 0 Å². The first-order chi connectivity index (χ1) is 8.29. The van der Waals surface area contributed by atoms with Gasteiger partial charge in [0.25, 0.3) is 0 Å². The zero-order valence-electron chi connectivity index (χ0n) is 9.78. The highest BCUT2D eigenvalue weighted by Crippen LogP contribution is 2.35. The van der Waals surface area contributed by atoms with Crippen LogP contribution in [0.3, 0.4) is 0 Å². The summed E-state index contributed by atoms with van der Waals surface area (Å²) in [6.07, 6.45) is 4.21. The predicted octanol–water partition coefficient (Wildman–Crippen LogP) is 1.56. The van der Waals surface area contributed by atoms with E-state index in [0.717, 1.165) is 36.7 Å². The van der Waals surface area contributed by atoms with Crippen molar-refractivity contribution in [3.63, 3.8) is 0 Å². The van der Waals surface area contributed by atoms with Crippen molar-refractivity contribution in [2.45, 2.75) is 31.7 Å². The van der Waals surface area contributed by atoms with Crippen molar-refractivity contribution >= 4 is 11.0 Å². The van der Waals surface area contributed by atoms with Crippen molar-refractivity contribution in [2.75, 3.05) is 6.54 Å². The molecule has 17 heavy (non-hydrogen) atoms.